The van der Waals surface area contributed by atoms with Crippen molar-refractivity contribution in [1.82, 2.24) is 9.36 Å². The highest BCUT2D eigenvalue weighted by Crippen LogP contribution is 2.43. The first-order valence-electron chi connectivity index (χ1n) is 6.95. The molecule has 0 bridgehead atoms. The van der Waals surface area contributed by atoms with Gasteiger partial charge in [-0.25, -0.2) is 4.98 Å². The fourth-order valence-corrected chi connectivity index (χ4v) is 4.98. The smallest absolute Gasteiger partial charge is 0.307 e. The lowest BCUT2D eigenvalue weighted by molar-refractivity contribution is -0.142. The number of nitrogens with zero attached hydrogens (tertiary/aromatic N) is 2. The van der Waals surface area contributed by atoms with Crippen molar-refractivity contribution in [2.45, 2.75) is 34.8 Å². The summed E-state index contributed by atoms with van der Waals surface area (Å²) in [7, 11) is 0. The van der Waals surface area contributed by atoms with Crippen LogP contribution in [-0.4, -0.2) is 25.7 Å². The molecule has 0 spiro atoms. The molecule has 110 valence electrons. The third-order valence-corrected chi connectivity index (χ3v) is 6.08. The normalized spacial score (nSPS) is 25.6. The van der Waals surface area contributed by atoms with Gasteiger partial charge >= 0.3 is 5.97 Å². The van der Waals surface area contributed by atoms with Gasteiger partial charge in [0.25, 0.3) is 0 Å². The minimum atomic E-state index is -0.691. The van der Waals surface area contributed by atoms with E-state index in [-0.39, 0.29) is 11.2 Å². The maximum absolute atomic E-state index is 11.5. The van der Waals surface area contributed by atoms with Gasteiger partial charge in [0, 0.05) is 5.25 Å². The SMILES string of the molecule is O=C(O)C1CCC(c2ccccc2)CC1Sc1ncns1. The molecule has 1 aromatic heterocycles. The average molecular weight is 320 g/mol. The van der Waals surface area contributed by atoms with E-state index < -0.39 is 5.97 Å². The summed E-state index contributed by atoms with van der Waals surface area (Å²) >= 11 is 2.91. The monoisotopic (exact) mass is 320 g/mol. The third kappa shape index (κ3) is 3.44. The van der Waals surface area contributed by atoms with Crippen LogP contribution in [0.1, 0.15) is 30.7 Å². The van der Waals surface area contributed by atoms with Gasteiger partial charge in [0.2, 0.25) is 0 Å². The van der Waals surface area contributed by atoms with Gasteiger partial charge in [-0.2, -0.15) is 4.37 Å². The van der Waals surface area contributed by atoms with E-state index in [2.05, 4.69) is 21.5 Å². The maximum Gasteiger partial charge on any atom is 0.307 e. The fourth-order valence-electron chi connectivity index (χ4n) is 2.91. The van der Waals surface area contributed by atoms with Crippen molar-refractivity contribution < 1.29 is 9.90 Å². The second-order valence-electron chi connectivity index (χ2n) is 5.23. The van der Waals surface area contributed by atoms with Crippen LogP contribution in [0.2, 0.25) is 0 Å². The third-order valence-electron chi connectivity index (χ3n) is 3.97. The van der Waals surface area contributed by atoms with Crippen LogP contribution < -0.4 is 0 Å². The predicted molar refractivity (Wildman–Crippen MR) is 83.7 cm³/mol. The Bertz CT molecular complexity index is 589. The number of carboxylic acids is 1. The largest absolute Gasteiger partial charge is 0.481 e. The Morgan fingerprint density at radius 3 is 2.76 bits per heavy atom. The Labute approximate surface area is 131 Å². The molecule has 3 unspecified atom stereocenters. The molecule has 1 aromatic carbocycles. The first kappa shape index (κ1) is 14.5. The Morgan fingerprint density at radius 1 is 1.29 bits per heavy atom. The number of carboxylic acid groups (broad SMARTS) is 1. The molecule has 0 radical (unpaired) electrons. The van der Waals surface area contributed by atoms with Gasteiger partial charge in [-0.1, -0.05) is 42.1 Å². The number of aliphatic carboxylic acids is 1. The van der Waals surface area contributed by atoms with Crippen LogP contribution in [0.15, 0.2) is 41.0 Å². The summed E-state index contributed by atoms with van der Waals surface area (Å²) in [6, 6.07) is 10.4. The number of thioether (sulfide) groups is 1. The lowest BCUT2D eigenvalue weighted by Gasteiger charge is -2.33. The summed E-state index contributed by atoms with van der Waals surface area (Å²) in [5, 5.41) is 9.51. The van der Waals surface area contributed by atoms with Crippen LogP contribution in [0.4, 0.5) is 0 Å². The quantitative estimate of drug-likeness (QED) is 0.931. The molecule has 1 aliphatic carbocycles. The van der Waals surface area contributed by atoms with Crippen molar-refractivity contribution in [1.29, 1.82) is 0 Å². The van der Waals surface area contributed by atoms with E-state index >= 15 is 0 Å². The summed E-state index contributed by atoms with van der Waals surface area (Å²) in [5.41, 5.74) is 1.31. The summed E-state index contributed by atoms with van der Waals surface area (Å²) < 4.78 is 4.86. The van der Waals surface area contributed by atoms with Gasteiger partial charge in [0.05, 0.1) is 5.92 Å². The number of rotatable bonds is 4. The summed E-state index contributed by atoms with van der Waals surface area (Å²) in [6.45, 7) is 0. The van der Waals surface area contributed by atoms with Crippen molar-refractivity contribution in [2.75, 3.05) is 0 Å². The van der Waals surface area contributed by atoms with E-state index in [4.69, 9.17) is 0 Å². The van der Waals surface area contributed by atoms with E-state index in [0.717, 1.165) is 23.6 Å². The molecular formula is C15H16N2O2S2. The molecule has 1 saturated carbocycles. The fraction of sp³-hybridized carbons (Fsp3) is 0.400. The highest BCUT2D eigenvalue weighted by Gasteiger charge is 2.36. The molecule has 4 nitrogen and oxygen atoms in total. The molecular weight excluding hydrogens is 304 g/mol. The lowest BCUT2D eigenvalue weighted by Crippen LogP contribution is -2.32. The van der Waals surface area contributed by atoms with Gasteiger partial charge in [-0.3, -0.25) is 4.79 Å². The van der Waals surface area contributed by atoms with Crippen LogP contribution in [0.3, 0.4) is 0 Å². The molecule has 3 atom stereocenters. The maximum atomic E-state index is 11.5. The van der Waals surface area contributed by atoms with Crippen molar-refractivity contribution in [3.8, 4) is 0 Å². The molecule has 0 aliphatic heterocycles. The van der Waals surface area contributed by atoms with E-state index in [0.29, 0.717) is 5.92 Å². The van der Waals surface area contributed by atoms with Gasteiger partial charge in [0.1, 0.15) is 6.33 Å². The standard InChI is InChI=1S/C15H16N2O2S2/c18-14(19)12-7-6-11(10-4-2-1-3-5-10)8-13(12)20-15-16-9-17-21-15/h1-5,9,11-13H,6-8H2,(H,18,19). The molecule has 0 amide bonds. The Morgan fingerprint density at radius 2 is 2.10 bits per heavy atom. The highest BCUT2D eigenvalue weighted by atomic mass is 32.2. The van der Waals surface area contributed by atoms with Gasteiger partial charge in [0.15, 0.2) is 4.34 Å². The zero-order valence-electron chi connectivity index (χ0n) is 11.4. The van der Waals surface area contributed by atoms with Gasteiger partial charge in [-0.05, 0) is 42.3 Å². The van der Waals surface area contributed by atoms with Gasteiger partial charge in [-0.15, -0.1) is 0 Å². The molecule has 1 aliphatic rings. The lowest BCUT2D eigenvalue weighted by atomic mass is 9.78. The van der Waals surface area contributed by atoms with Crippen molar-refractivity contribution >= 4 is 29.3 Å². The van der Waals surface area contributed by atoms with E-state index in [1.807, 2.05) is 18.2 Å². The van der Waals surface area contributed by atoms with Crippen LogP contribution in [0.5, 0.6) is 0 Å². The Balaban J connectivity index is 1.77. The van der Waals surface area contributed by atoms with E-state index in [1.165, 1.54) is 23.4 Å². The second-order valence-corrected chi connectivity index (χ2v) is 7.50. The van der Waals surface area contributed by atoms with E-state index in [1.54, 1.807) is 11.8 Å². The first-order valence-corrected chi connectivity index (χ1v) is 8.60. The number of hydrogen-bond donors (Lipinski definition) is 1. The summed E-state index contributed by atoms with van der Waals surface area (Å²) in [5.74, 6) is -0.547. The molecule has 3 rings (SSSR count). The molecule has 0 saturated heterocycles. The number of aromatic nitrogens is 2. The minimum Gasteiger partial charge on any atom is -0.481 e. The molecule has 1 N–H and O–H groups in total. The number of hydrogen-bond acceptors (Lipinski definition) is 5. The summed E-state index contributed by atoms with van der Waals surface area (Å²) in [6.07, 6.45) is 4.07. The van der Waals surface area contributed by atoms with Crippen molar-refractivity contribution in [3.05, 3.63) is 42.2 Å². The Kier molecular flexibility index (Phi) is 4.55. The molecule has 21 heavy (non-hydrogen) atoms. The molecule has 1 heterocycles. The molecule has 1 fully saturated rings. The average Bonchev–Trinajstić information content (AvgIpc) is 3.01. The number of carbonyl (C=O) groups is 1. The van der Waals surface area contributed by atoms with Crippen LogP contribution in [0, 0.1) is 5.92 Å². The zero-order chi connectivity index (χ0) is 14.7. The highest BCUT2D eigenvalue weighted by molar-refractivity contribution is 8.01. The topological polar surface area (TPSA) is 63.1 Å². The summed E-state index contributed by atoms with van der Waals surface area (Å²) in [4.78, 5) is 15.7. The predicted octanol–water partition coefficient (Wildman–Crippen LogP) is 3.67. The minimum absolute atomic E-state index is 0.0643. The molecule has 2 aromatic rings. The van der Waals surface area contributed by atoms with Gasteiger partial charge < -0.3 is 5.11 Å². The van der Waals surface area contributed by atoms with E-state index in [9.17, 15) is 9.90 Å². The second kappa shape index (κ2) is 6.58. The first-order chi connectivity index (χ1) is 10.2. The Hall–Kier alpha value is -1.40. The van der Waals surface area contributed by atoms with Crippen LogP contribution in [-0.2, 0) is 4.79 Å². The van der Waals surface area contributed by atoms with Crippen LogP contribution >= 0.6 is 23.3 Å². The van der Waals surface area contributed by atoms with Crippen LogP contribution in [0.25, 0.3) is 0 Å². The molecule has 6 heteroatoms. The van der Waals surface area contributed by atoms with Crippen molar-refractivity contribution in [3.63, 3.8) is 0 Å². The zero-order valence-corrected chi connectivity index (χ0v) is 13.0. The number of benzene rings is 1. The van der Waals surface area contributed by atoms with Crippen molar-refractivity contribution in [2.24, 2.45) is 5.92 Å².